The molecule has 1 amide bonds. The Bertz CT molecular complexity index is 735. The molecule has 1 aromatic rings. The third-order valence-corrected chi connectivity index (χ3v) is 6.61. The second kappa shape index (κ2) is 10.2. The molecule has 0 unspecified atom stereocenters. The van der Waals surface area contributed by atoms with Crippen LogP contribution in [-0.2, 0) is 20.8 Å². The van der Waals surface area contributed by atoms with E-state index in [0.717, 1.165) is 69.9 Å². The Labute approximate surface area is 184 Å². The lowest BCUT2D eigenvalue weighted by Crippen LogP contribution is -2.51. The van der Waals surface area contributed by atoms with Crippen molar-refractivity contribution in [3.05, 3.63) is 23.8 Å². The van der Waals surface area contributed by atoms with Gasteiger partial charge in [-0.25, -0.2) is 0 Å². The Morgan fingerprint density at radius 3 is 2.32 bits per heavy atom. The molecule has 4 rings (SSSR count). The molecule has 2 saturated heterocycles. The van der Waals surface area contributed by atoms with E-state index in [1.165, 1.54) is 5.56 Å². The second-order valence-electron chi connectivity index (χ2n) is 8.69. The number of hydrogen-bond acceptors (Lipinski definition) is 7. The molecule has 1 spiro atoms. The number of ether oxygens (including phenoxy) is 4. The third kappa shape index (κ3) is 5.68. The van der Waals surface area contributed by atoms with Gasteiger partial charge in [-0.1, -0.05) is 6.07 Å². The van der Waals surface area contributed by atoms with Gasteiger partial charge in [-0.2, -0.15) is 0 Å². The van der Waals surface area contributed by atoms with Gasteiger partial charge in [0.1, 0.15) is 0 Å². The molecule has 0 bridgehead atoms. The number of nitrogens with zero attached hydrogens (tertiary/aromatic N) is 2. The fourth-order valence-corrected chi connectivity index (χ4v) is 4.81. The Morgan fingerprint density at radius 2 is 1.68 bits per heavy atom. The number of rotatable bonds is 7. The highest BCUT2D eigenvalue weighted by Gasteiger charge is 2.40. The quantitative estimate of drug-likeness (QED) is 0.701. The Morgan fingerprint density at radius 1 is 1.03 bits per heavy atom. The molecular formula is C23H35N3O5. The van der Waals surface area contributed by atoms with Crippen LogP contribution in [0.4, 0.5) is 0 Å². The van der Waals surface area contributed by atoms with E-state index >= 15 is 0 Å². The first kappa shape index (κ1) is 22.3. The normalized spacial score (nSPS) is 22.5. The third-order valence-electron chi connectivity index (χ3n) is 6.61. The van der Waals surface area contributed by atoms with Crippen molar-refractivity contribution < 1.29 is 23.7 Å². The highest BCUT2D eigenvalue weighted by Crippen LogP contribution is 2.35. The van der Waals surface area contributed by atoms with Gasteiger partial charge in [-0.3, -0.25) is 14.6 Å². The Kier molecular flexibility index (Phi) is 7.32. The number of carbonyl (C=O) groups excluding carboxylic acids is 1. The number of carbonyl (C=O) groups is 1. The highest BCUT2D eigenvalue weighted by atomic mass is 16.7. The molecule has 1 saturated carbocycles. The first-order valence-corrected chi connectivity index (χ1v) is 11.3. The van der Waals surface area contributed by atoms with Crippen LogP contribution in [0.3, 0.4) is 0 Å². The van der Waals surface area contributed by atoms with Crippen molar-refractivity contribution >= 4 is 5.91 Å². The van der Waals surface area contributed by atoms with Crippen LogP contribution in [0, 0.1) is 0 Å². The van der Waals surface area contributed by atoms with Crippen LogP contribution >= 0.6 is 0 Å². The molecular weight excluding hydrogens is 398 g/mol. The second-order valence-corrected chi connectivity index (χ2v) is 8.69. The molecule has 172 valence electrons. The van der Waals surface area contributed by atoms with E-state index in [-0.39, 0.29) is 17.7 Å². The number of nitrogens with one attached hydrogen (secondary N) is 1. The summed E-state index contributed by atoms with van der Waals surface area (Å²) in [6.07, 6.45) is 3.58. The molecule has 2 heterocycles. The molecule has 1 N–H and O–H groups in total. The van der Waals surface area contributed by atoms with Crippen LogP contribution in [0.1, 0.15) is 31.2 Å². The first-order chi connectivity index (χ1) is 15.1. The summed E-state index contributed by atoms with van der Waals surface area (Å²) in [5, 5.41) is 3.22. The first-order valence-electron chi connectivity index (χ1n) is 11.3. The van der Waals surface area contributed by atoms with Crippen LogP contribution < -0.4 is 14.8 Å². The molecule has 0 radical (unpaired) electrons. The fourth-order valence-electron chi connectivity index (χ4n) is 4.81. The predicted molar refractivity (Wildman–Crippen MR) is 116 cm³/mol. The van der Waals surface area contributed by atoms with Gasteiger partial charge in [0, 0.05) is 51.6 Å². The van der Waals surface area contributed by atoms with E-state index in [9.17, 15) is 4.79 Å². The summed E-state index contributed by atoms with van der Waals surface area (Å²) < 4.78 is 22.3. The highest BCUT2D eigenvalue weighted by molar-refractivity contribution is 5.78. The maximum atomic E-state index is 12.5. The van der Waals surface area contributed by atoms with E-state index < -0.39 is 0 Å². The van der Waals surface area contributed by atoms with Crippen molar-refractivity contribution in [1.29, 1.82) is 0 Å². The Balaban J connectivity index is 1.17. The zero-order chi connectivity index (χ0) is 21.7. The van der Waals surface area contributed by atoms with Crippen molar-refractivity contribution in [2.75, 3.05) is 60.2 Å². The molecule has 1 aromatic carbocycles. The summed E-state index contributed by atoms with van der Waals surface area (Å²) in [6.45, 7) is 6.41. The number of benzene rings is 1. The molecule has 1 aliphatic carbocycles. The van der Waals surface area contributed by atoms with Crippen LogP contribution in [0.5, 0.6) is 11.5 Å². The van der Waals surface area contributed by atoms with Crippen LogP contribution in [-0.4, -0.2) is 87.7 Å². The zero-order valence-electron chi connectivity index (χ0n) is 18.7. The average Bonchev–Trinajstić information content (AvgIpc) is 3.25. The molecule has 8 nitrogen and oxygen atoms in total. The van der Waals surface area contributed by atoms with E-state index in [4.69, 9.17) is 18.9 Å². The van der Waals surface area contributed by atoms with Crippen molar-refractivity contribution in [3.63, 3.8) is 0 Å². The minimum Gasteiger partial charge on any atom is -0.493 e. The molecule has 8 heteroatoms. The minimum atomic E-state index is -0.370. The van der Waals surface area contributed by atoms with Gasteiger partial charge >= 0.3 is 0 Å². The van der Waals surface area contributed by atoms with Gasteiger partial charge in [0.15, 0.2) is 17.3 Å². The van der Waals surface area contributed by atoms with Gasteiger partial charge in [0.05, 0.1) is 34.0 Å². The van der Waals surface area contributed by atoms with Crippen LogP contribution in [0.15, 0.2) is 18.2 Å². The molecule has 0 atom stereocenters. The van der Waals surface area contributed by atoms with E-state index in [1.807, 2.05) is 12.1 Å². The van der Waals surface area contributed by atoms with E-state index in [1.54, 1.807) is 14.2 Å². The summed E-state index contributed by atoms with van der Waals surface area (Å²) >= 11 is 0. The van der Waals surface area contributed by atoms with Gasteiger partial charge in [0.2, 0.25) is 5.91 Å². The van der Waals surface area contributed by atoms with Gasteiger partial charge in [-0.15, -0.1) is 0 Å². The molecule has 3 aliphatic rings. The van der Waals surface area contributed by atoms with Gasteiger partial charge in [0.25, 0.3) is 0 Å². The zero-order valence-corrected chi connectivity index (χ0v) is 18.7. The van der Waals surface area contributed by atoms with Gasteiger partial charge < -0.3 is 24.3 Å². The summed E-state index contributed by atoms with van der Waals surface area (Å²) in [4.78, 5) is 17.2. The standard InChI is InChI=1S/C23H35N3O5/c1-28-20-4-3-18(15-21(20)29-2)16-25-9-11-26(12-10-25)17-22(27)24-19-5-7-23(8-6-19)30-13-14-31-23/h3-4,15,19H,5-14,16-17H2,1-2H3,(H,24,27). The lowest BCUT2D eigenvalue weighted by molar-refractivity contribution is -0.180. The topological polar surface area (TPSA) is 72.5 Å². The Hall–Kier alpha value is -1.87. The number of methoxy groups -OCH3 is 2. The summed E-state index contributed by atoms with van der Waals surface area (Å²) in [6, 6.07) is 6.30. The van der Waals surface area contributed by atoms with Crippen molar-refractivity contribution in [1.82, 2.24) is 15.1 Å². The predicted octanol–water partition coefficient (Wildman–Crippen LogP) is 1.62. The SMILES string of the molecule is COc1ccc(CN2CCN(CC(=O)NC3CCC4(CC3)OCCO4)CC2)cc1OC. The van der Waals surface area contributed by atoms with E-state index in [0.29, 0.717) is 19.8 Å². The molecule has 2 aliphatic heterocycles. The maximum Gasteiger partial charge on any atom is 0.234 e. The van der Waals surface area contributed by atoms with Crippen molar-refractivity contribution in [3.8, 4) is 11.5 Å². The average molecular weight is 434 g/mol. The lowest BCUT2D eigenvalue weighted by atomic mass is 9.90. The molecule has 31 heavy (non-hydrogen) atoms. The monoisotopic (exact) mass is 433 g/mol. The summed E-state index contributed by atoms with van der Waals surface area (Å²) in [5.74, 6) is 1.27. The van der Waals surface area contributed by atoms with Crippen molar-refractivity contribution in [2.45, 2.75) is 44.1 Å². The van der Waals surface area contributed by atoms with Gasteiger partial charge in [-0.05, 0) is 30.5 Å². The minimum absolute atomic E-state index is 0.127. The lowest BCUT2D eigenvalue weighted by Gasteiger charge is -2.37. The number of hydrogen-bond donors (Lipinski definition) is 1. The number of piperazine rings is 1. The fraction of sp³-hybridized carbons (Fsp3) is 0.696. The van der Waals surface area contributed by atoms with Crippen molar-refractivity contribution in [2.24, 2.45) is 0 Å². The summed E-state index contributed by atoms with van der Waals surface area (Å²) in [5.41, 5.74) is 1.20. The number of amides is 1. The summed E-state index contributed by atoms with van der Waals surface area (Å²) in [7, 11) is 3.31. The van der Waals surface area contributed by atoms with E-state index in [2.05, 4.69) is 21.2 Å². The van der Waals surface area contributed by atoms with Crippen LogP contribution in [0.25, 0.3) is 0 Å². The smallest absolute Gasteiger partial charge is 0.234 e. The molecule has 0 aromatic heterocycles. The molecule has 3 fully saturated rings. The van der Waals surface area contributed by atoms with Crippen LogP contribution in [0.2, 0.25) is 0 Å². The largest absolute Gasteiger partial charge is 0.493 e. The maximum absolute atomic E-state index is 12.5.